The van der Waals surface area contributed by atoms with Crippen molar-refractivity contribution in [3.63, 3.8) is 0 Å². The smallest absolute Gasteiger partial charge is 0.262 e. The molecular weight excluding hydrogens is 459 g/mol. The van der Waals surface area contributed by atoms with Crippen LogP contribution in [-0.2, 0) is 4.79 Å². The number of rotatable bonds is 5. The van der Waals surface area contributed by atoms with Gasteiger partial charge in [0.1, 0.15) is 11.3 Å². The summed E-state index contributed by atoms with van der Waals surface area (Å²) >= 11 is 17.9. The maximum absolute atomic E-state index is 12.3. The number of fused-ring (bicyclic) bond motifs is 1. The average molecular weight is 476 g/mol. The summed E-state index contributed by atoms with van der Waals surface area (Å²) < 4.78 is 11.3. The fourth-order valence-corrected chi connectivity index (χ4v) is 3.55. The van der Waals surface area contributed by atoms with Crippen LogP contribution in [0.1, 0.15) is 11.1 Å². The van der Waals surface area contributed by atoms with Gasteiger partial charge in [-0.05, 0) is 61.4 Å². The van der Waals surface area contributed by atoms with Crippen molar-refractivity contribution in [3.8, 4) is 17.2 Å². The summed E-state index contributed by atoms with van der Waals surface area (Å²) in [4.78, 5) is 16.8. The van der Waals surface area contributed by atoms with Crippen LogP contribution in [-0.4, -0.2) is 17.5 Å². The van der Waals surface area contributed by atoms with Crippen LogP contribution in [0.25, 0.3) is 22.6 Å². The van der Waals surface area contributed by atoms with Gasteiger partial charge in [-0.25, -0.2) is 4.98 Å². The number of amides is 1. The number of hydrogen-bond donors (Lipinski definition) is 1. The largest absolute Gasteiger partial charge is 0.482 e. The number of anilines is 1. The number of ether oxygens (including phenoxy) is 1. The summed E-state index contributed by atoms with van der Waals surface area (Å²) in [6, 6.07) is 14.2. The van der Waals surface area contributed by atoms with Gasteiger partial charge in [-0.3, -0.25) is 4.79 Å². The Labute approximate surface area is 193 Å². The Morgan fingerprint density at radius 3 is 2.52 bits per heavy atom. The van der Waals surface area contributed by atoms with E-state index < -0.39 is 0 Å². The molecule has 5 nitrogen and oxygen atoms in total. The van der Waals surface area contributed by atoms with Gasteiger partial charge in [0.2, 0.25) is 5.89 Å². The number of nitrogens with zero attached hydrogens (tertiary/aromatic N) is 1. The molecule has 0 aliphatic heterocycles. The summed E-state index contributed by atoms with van der Waals surface area (Å²) in [6.07, 6.45) is 0. The molecule has 1 aromatic heterocycles. The Morgan fingerprint density at radius 2 is 1.74 bits per heavy atom. The zero-order valence-electron chi connectivity index (χ0n) is 16.6. The molecule has 0 atom stereocenters. The van der Waals surface area contributed by atoms with Gasteiger partial charge in [0, 0.05) is 17.3 Å². The van der Waals surface area contributed by atoms with Crippen LogP contribution in [0, 0.1) is 13.8 Å². The first-order valence-corrected chi connectivity index (χ1v) is 10.5. The molecule has 8 heteroatoms. The Morgan fingerprint density at radius 1 is 0.968 bits per heavy atom. The van der Waals surface area contributed by atoms with Crippen molar-refractivity contribution in [3.05, 3.63) is 74.7 Å². The zero-order valence-corrected chi connectivity index (χ0v) is 18.9. The highest BCUT2D eigenvalue weighted by atomic mass is 35.5. The first-order chi connectivity index (χ1) is 14.8. The molecule has 0 spiro atoms. The molecule has 1 N–H and O–H groups in total. The monoisotopic (exact) mass is 474 g/mol. The van der Waals surface area contributed by atoms with E-state index in [1.165, 1.54) is 17.7 Å². The van der Waals surface area contributed by atoms with Crippen molar-refractivity contribution < 1.29 is 13.9 Å². The third kappa shape index (κ3) is 4.79. The van der Waals surface area contributed by atoms with Crippen LogP contribution in [0.5, 0.6) is 5.75 Å². The van der Waals surface area contributed by atoms with Crippen LogP contribution in [0.4, 0.5) is 5.69 Å². The number of oxazole rings is 1. The highest BCUT2D eigenvalue weighted by Crippen LogP contribution is 2.34. The van der Waals surface area contributed by atoms with E-state index in [1.807, 2.05) is 25.1 Å². The van der Waals surface area contributed by atoms with E-state index in [4.69, 9.17) is 44.0 Å². The number of benzene rings is 3. The zero-order chi connectivity index (χ0) is 22.1. The number of carbonyl (C=O) groups is 1. The first-order valence-electron chi connectivity index (χ1n) is 9.35. The second-order valence-electron chi connectivity index (χ2n) is 7.03. The van der Waals surface area contributed by atoms with Gasteiger partial charge < -0.3 is 14.5 Å². The SMILES string of the molecule is Cc1ccc(-c2nc3cc(NC(=O)COc4cc(Cl)c(Cl)cc4Cl)ccc3o2)cc1C. The molecule has 0 fully saturated rings. The maximum atomic E-state index is 12.3. The minimum Gasteiger partial charge on any atom is -0.482 e. The molecule has 0 saturated carbocycles. The molecular formula is C23H17Cl3N2O3. The molecule has 0 aliphatic rings. The third-order valence-corrected chi connectivity index (χ3v) is 5.78. The van der Waals surface area contributed by atoms with Crippen LogP contribution >= 0.6 is 34.8 Å². The molecule has 3 aromatic carbocycles. The lowest BCUT2D eigenvalue weighted by Gasteiger charge is -2.09. The van der Waals surface area contributed by atoms with Crippen molar-refractivity contribution in [2.24, 2.45) is 0 Å². The van der Waals surface area contributed by atoms with E-state index in [-0.39, 0.29) is 28.3 Å². The van der Waals surface area contributed by atoms with E-state index in [1.54, 1.807) is 18.2 Å². The Bertz CT molecular complexity index is 1300. The number of halogens is 3. The number of aromatic nitrogens is 1. The molecule has 0 aliphatic carbocycles. The van der Waals surface area contributed by atoms with Crippen LogP contribution < -0.4 is 10.1 Å². The molecule has 4 rings (SSSR count). The van der Waals surface area contributed by atoms with Gasteiger partial charge in [-0.15, -0.1) is 0 Å². The van der Waals surface area contributed by atoms with Crippen LogP contribution in [0.2, 0.25) is 15.1 Å². The Balaban J connectivity index is 1.46. The van der Waals surface area contributed by atoms with E-state index >= 15 is 0 Å². The van der Waals surface area contributed by atoms with Gasteiger partial charge in [-0.2, -0.15) is 0 Å². The predicted molar refractivity (Wildman–Crippen MR) is 125 cm³/mol. The second kappa shape index (κ2) is 8.79. The van der Waals surface area contributed by atoms with Gasteiger partial charge in [0.25, 0.3) is 5.91 Å². The molecule has 0 unspecified atom stereocenters. The van der Waals surface area contributed by atoms with Crippen molar-refractivity contribution >= 4 is 57.5 Å². The van der Waals surface area contributed by atoms with E-state index in [9.17, 15) is 4.79 Å². The predicted octanol–water partition coefficient (Wildman–Crippen LogP) is 7.09. The van der Waals surface area contributed by atoms with E-state index in [2.05, 4.69) is 17.2 Å². The van der Waals surface area contributed by atoms with Gasteiger partial charge >= 0.3 is 0 Å². The van der Waals surface area contributed by atoms with Gasteiger partial charge in [-0.1, -0.05) is 40.9 Å². The fourth-order valence-electron chi connectivity index (χ4n) is 2.96. The molecule has 0 radical (unpaired) electrons. The highest BCUT2D eigenvalue weighted by molar-refractivity contribution is 6.43. The molecule has 1 amide bonds. The highest BCUT2D eigenvalue weighted by Gasteiger charge is 2.12. The normalized spacial score (nSPS) is 11.0. The van der Waals surface area contributed by atoms with E-state index in [0.29, 0.717) is 27.7 Å². The minimum absolute atomic E-state index is 0.248. The lowest BCUT2D eigenvalue weighted by atomic mass is 10.1. The third-order valence-electron chi connectivity index (χ3n) is 4.76. The van der Waals surface area contributed by atoms with Gasteiger partial charge in [0.15, 0.2) is 12.2 Å². The molecule has 0 bridgehead atoms. The van der Waals surface area contributed by atoms with E-state index in [0.717, 1.165) is 11.1 Å². The minimum atomic E-state index is -0.362. The van der Waals surface area contributed by atoms with Crippen LogP contribution in [0.15, 0.2) is 52.9 Å². The Kier molecular flexibility index (Phi) is 6.10. The van der Waals surface area contributed by atoms with Crippen LogP contribution in [0.3, 0.4) is 0 Å². The van der Waals surface area contributed by atoms with Crippen molar-refractivity contribution in [2.75, 3.05) is 11.9 Å². The number of aryl methyl sites for hydroxylation is 2. The lowest BCUT2D eigenvalue weighted by molar-refractivity contribution is -0.118. The second-order valence-corrected chi connectivity index (χ2v) is 8.26. The summed E-state index contributed by atoms with van der Waals surface area (Å²) in [6.45, 7) is 3.85. The molecule has 0 saturated heterocycles. The van der Waals surface area contributed by atoms with Crippen molar-refractivity contribution in [2.45, 2.75) is 13.8 Å². The number of hydrogen-bond acceptors (Lipinski definition) is 4. The van der Waals surface area contributed by atoms with Gasteiger partial charge in [0.05, 0.1) is 15.1 Å². The fraction of sp³-hybridized carbons (Fsp3) is 0.130. The van der Waals surface area contributed by atoms with Crippen molar-refractivity contribution in [1.82, 2.24) is 4.98 Å². The topological polar surface area (TPSA) is 64.4 Å². The molecule has 158 valence electrons. The lowest BCUT2D eigenvalue weighted by Crippen LogP contribution is -2.20. The Hall–Kier alpha value is -2.73. The average Bonchev–Trinajstić information content (AvgIpc) is 3.15. The molecule has 31 heavy (non-hydrogen) atoms. The number of nitrogens with one attached hydrogen (secondary N) is 1. The molecule has 1 heterocycles. The number of carbonyl (C=O) groups excluding carboxylic acids is 1. The summed E-state index contributed by atoms with van der Waals surface area (Å²) in [5.41, 5.74) is 5.10. The summed E-state index contributed by atoms with van der Waals surface area (Å²) in [5.74, 6) is 0.440. The summed E-state index contributed by atoms with van der Waals surface area (Å²) in [5, 5.41) is 3.64. The standard InChI is InChI=1S/C23H17Cl3N2O3/c1-12-3-4-14(7-13(12)2)23-28-19-8-15(5-6-20(19)31-23)27-22(29)11-30-21-10-17(25)16(24)9-18(21)26/h3-10H,11H2,1-2H3,(H,27,29). The molecule has 4 aromatic rings. The quantitative estimate of drug-likeness (QED) is 0.313. The first kappa shape index (κ1) is 21.5. The maximum Gasteiger partial charge on any atom is 0.262 e. The summed E-state index contributed by atoms with van der Waals surface area (Å²) in [7, 11) is 0. The van der Waals surface area contributed by atoms with Crippen molar-refractivity contribution in [1.29, 1.82) is 0 Å².